The molecule has 0 aliphatic heterocycles. The van der Waals surface area contributed by atoms with Gasteiger partial charge in [-0.1, -0.05) is 0 Å². The molecule has 1 atom stereocenters. The van der Waals surface area contributed by atoms with Gasteiger partial charge >= 0.3 is 0 Å². The highest BCUT2D eigenvalue weighted by Gasteiger charge is 2.10. The number of ether oxygens (including phenoxy) is 2. The Balaban J connectivity index is 2.78. The van der Waals surface area contributed by atoms with Gasteiger partial charge < -0.3 is 14.8 Å². The first kappa shape index (κ1) is 15.0. The molecule has 0 aromatic carbocycles. The quantitative estimate of drug-likeness (QED) is 0.772. The van der Waals surface area contributed by atoms with Crippen LogP contribution in [0.4, 0.5) is 5.95 Å². The van der Waals surface area contributed by atoms with Crippen molar-refractivity contribution in [3.8, 4) is 5.88 Å². The smallest absolute Gasteiger partial charge is 0.226 e. The van der Waals surface area contributed by atoms with Crippen LogP contribution in [0.25, 0.3) is 0 Å². The number of aromatic nitrogens is 2. The van der Waals surface area contributed by atoms with Crippen LogP contribution in [0.2, 0.25) is 0 Å². The summed E-state index contributed by atoms with van der Waals surface area (Å²) in [7, 11) is 1.63. The van der Waals surface area contributed by atoms with Crippen LogP contribution in [0, 0.1) is 6.92 Å². The second kappa shape index (κ2) is 7.38. The summed E-state index contributed by atoms with van der Waals surface area (Å²) >= 11 is 5.83. The molecule has 0 bridgehead atoms. The first-order valence-electron chi connectivity index (χ1n) is 5.89. The number of rotatable bonds is 7. The number of nitrogens with one attached hydrogen (secondary N) is 1. The number of hydrogen-bond donors (Lipinski definition) is 1. The Morgan fingerprint density at radius 1 is 1.39 bits per heavy atom. The first-order valence-corrected chi connectivity index (χ1v) is 6.42. The SMILES string of the molecule is COCC(CCl)Nc1nc(C)cc(OC(C)C)n1. The third kappa shape index (κ3) is 5.06. The summed E-state index contributed by atoms with van der Waals surface area (Å²) < 4.78 is 10.6. The Bertz CT molecular complexity index is 374. The van der Waals surface area contributed by atoms with Crippen molar-refractivity contribution < 1.29 is 9.47 Å². The van der Waals surface area contributed by atoms with E-state index in [0.717, 1.165) is 5.69 Å². The number of hydrogen-bond acceptors (Lipinski definition) is 5. The summed E-state index contributed by atoms with van der Waals surface area (Å²) in [5.41, 5.74) is 0.842. The van der Waals surface area contributed by atoms with Gasteiger partial charge in [-0.25, -0.2) is 4.98 Å². The largest absolute Gasteiger partial charge is 0.475 e. The van der Waals surface area contributed by atoms with Crippen molar-refractivity contribution in [2.45, 2.75) is 32.9 Å². The standard InChI is InChI=1S/C12H20ClN3O2/c1-8(2)18-11-5-9(3)14-12(16-11)15-10(6-13)7-17-4/h5,8,10H,6-7H2,1-4H3,(H,14,15,16). The molecule has 0 saturated carbocycles. The van der Waals surface area contributed by atoms with Gasteiger partial charge in [-0.15, -0.1) is 11.6 Å². The maximum Gasteiger partial charge on any atom is 0.226 e. The molecule has 1 aromatic heterocycles. The summed E-state index contributed by atoms with van der Waals surface area (Å²) in [4.78, 5) is 8.58. The summed E-state index contributed by atoms with van der Waals surface area (Å²) in [6.45, 7) is 6.31. The number of halogens is 1. The molecule has 5 nitrogen and oxygen atoms in total. The molecule has 1 rings (SSSR count). The molecule has 1 aromatic rings. The monoisotopic (exact) mass is 273 g/mol. The van der Waals surface area contributed by atoms with Crippen LogP contribution >= 0.6 is 11.6 Å². The summed E-state index contributed by atoms with van der Waals surface area (Å²) in [5.74, 6) is 1.49. The van der Waals surface area contributed by atoms with Crippen molar-refractivity contribution in [1.82, 2.24) is 9.97 Å². The van der Waals surface area contributed by atoms with E-state index in [1.54, 1.807) is 13.2 Å². The van der Waals surface area contributed by atoms with Crippen molar-refractivity contribution in [2.24, 2.45) is 0 Å². The zero-order valence-electron chi connectivity index (χ0n) is 11.2. The fourth-order valence-electron chi connectivity index (χ4n) is 1.41. The molecule has 1 N–H and O–H groups in total. The van der Waals surface area contributed by atoms with Gasteiger partial charge in [0.2, 0.25) is 11.8 Å². The predicted molar refractivity (Wildman–Crippen MR) is 72.5 cm³/mol. The van der Waals surface area contributed by atoms with Crippen molar-refractivity contribution in [2.75, 3.05) is 24.9 Å². The highest BCUT2D eigenvalue weighted by Crippen LogP contribution is 2.14. The highest BCUT2D eigenvalue weighted by molar-refractivity contribution is 6.18. The topological polar surface area (TPSA) is 56.3 Å². The predicted octanol–water partition coefficient (Wildman–Crippen LogP) is 2.24. The van der Waals surface area contributed by atoms with Gasteiger partial charge in [0.05, 0.1) is 18.8 Å². The van der Waals surface area contributed by atoms with Crippen LogP contribution in [0.5, 0.6) is 5.88 Å². The first-order chi connectivity index (χ1) is 8.55. The summed E-state index contributed by atoms with van der Waals surface area (Å²) in [6, 6.07) is 1.78. The van der Waals surface area contributed by atoms with Gasteiger partial charge in [0, 0.05) is 24.8 Å². The van der Waals surface area contributed by atoms with Crippen LogP contribution in [-0.2, 0) is 4.74 Å². The van der Waals surface area contributed by atoms with Crippen molar-refractivity contribution in [3.63, 3.8) is 0 Å². The molecule has 0 aliphatic carbocycles. The number of alkyl halides is 1. The van der Waals surface area contributed by atoms with Crippen LogP contribution in [-0.4, -0.2) is 41.7 Å². The molecule has 0 aliphatic rings. The Hall–Kier alpha value is -1.07. The van der Waals surface area contributed by atoms with Gasteiger partial charge in [0.25, 0.3) is 0 Å². The van der Waals surface area contributed by atoms with Gasteiger partial charge in [-0.05, 0) is 20.8 Å². The summed E-state index contributed by atoms with van der Waals surface area (Å²) in [6.07, 6.45) is 0.0787. The van der Waals surface area contributed by atoms with Crippen molar-refractivity contribution >= 4 is 17.5 Å². The Kier molecular flexibility index (Phi) is 6.15. The minimum absolute atomic E-state index is 0.0228. The number of methoxy groups -OCH3 is 1. The molecule has 0 amide bonds. The second-order valence-corrected chi connectivity index (χ2v) is 4.60. The molecule has 0 spiro atoms. The lowest BCUT2D eigenvalue weighted by Crippen LogP contribution is -2.28. The van der Waals surface area contributed by atoms with Gasteiger partial charge in [0.1, 0.15) is 0 Å². The Morgan fingerprint density at radius 3 is 2.67 bits per heavy atom. The van der Waals surface area contributed by atoms with Gasteiger partial charge in [-0.3, -0.25) is 0 Å². The van der Waals surface area contributed by atoms with E-state index in [1.807, 2.05) is 20.8 Å². The molecule has 1 heterocycles. The maximum atomic E-state index is 5.83. The fourth-order valence-corrected chi connectivity index (χ4v) is 1.58. The van der Waals surface area contributed by atoms with E-state index < -0.39 is 0 Å². The van der Waals surface area contributed by atoms with E-state index >= 15 is 0 Å². The zero-order chi connectivity index (χ0) is 13.5. The maximum absolute atomic E-state index is 5.83. The lowest BCUT2D eigenvalue weighted by molar-refractivity contribution is 0.190. The van der Waals surface area contributed by atoms with Crippen LogP contribution in [0.3, 0.4) is 0 Å². The van der Waals surface area contributed by atoms with E-state index in [9.17, 15) is 0 Å². The molecule has 18 heavy (non-hydrogen) atoms. The minimum Gasteiger partial charge on any atom is -0.475 e. The van der Waals surface area contributed by atoms with E-state index in [-0.39, 0.29) is 12.1 Å². The normalized spacial score (nSPS) is 12.6. The van der Waals surface area contributed by atoms with Gasteiger partial charge in [-0.2, -0.15) is 4.98 Å². The third-order valence-corrected chi connectivity index (χ3v) is 2.45. The fraction of sp³-hybridized carbons (Fsp3) is 0.667. The average Bonchev–Trinajstić information content (AvgIpc) is 2.26. The molecule has 6 heteroatoms. The van der Waals surface area contributed by atoms with E-state index in [0.29, 0.717) is 24.3 Å². The summed E-state index contributed by atoms with van der Waals surface area (Å²) in [5, 5.41) is 3.12. The number of nitrogens with zero attached hydrogens (tertiary/aromatic N) is 2. The van der Waals surface area contributed by atoms with Crippen LogP contribution in [0.15, 0.2) is 6.07 Å². The molecule has 0 radical (unpaired) electrons. The van der Waals surface area contributed by atoms with Crippen LogP contribution in [0.1, 0.15) is 19.5 Å². The van der Waals surface area contributed by atoms with Gasteiger partial charge in [0.15, 0.2) is 0 Å². The van der Waals surface area contributed by atoms with E-state index in [1.165, 1.54) is 0 Å². The molecule has 0 saturated heterocycles. The lowest BCUT2D eigenvalue weighted by atomic mass is 10.3. The molecular weight excluding hydrogens is 254 g/mol. The Labute approximate surface area is 113 Å². The lowest BCUT2D eigenvalue weighted by Gasteiger charge is -2.16. The second-order valence-electron chi connectivity index (χ2n) is 4.29. The molecular formula is C12H20ClN3O2. The zero-order valence-corrected chi connectivity index (χ0v) is 12.0. The minimum atomic E-state index is -0.0228. The van der Waals surface area contributed by atoms with Crippen LogP contribution < -0.4 is 10.1 Å². The van der Waals surface area contributed by atoms with Crippen molar-refractivity contribution in [1.29, 1.82) is 0 Å². The average molecular weight is 274 g/mol. The van der Waals surface area contributed by atoms with E-state index in [4.69, 9.17) is 21.1 Å². The Morgan fingerprint density at radius 2 is 2.11 bits per heavy atom. The molecule has 0 fully saturated rings. The number of aryl methyl sites for hydroxylation is 1. The highest BCUT2D eigenvalue weighted by atomic mass is 35.5. The molecule has 1 unspecified atom stereocenters. The van der Waals surface area contributed by atoms with Crippen molar-refractivity contribution in [3.05, 3.63) is 11.8 Å². The third-order valence-electron chi connectivity index (χ3n) is 2.07. The van der Waals surface area contributed by atoms with E-state index in [2.05, 4.69) is 15.3 Å². The number of anilines is 1. The molecule has 102 valence electrons.